The largest absolute Gasteiger partial charge is 0.419 e. The SMILES string of the molecule is CC(C)NCCCc1nnc(-c2csnn2)o1. The van der Waals surface area contributed by atoms with Gasteiger partial charge in [-0.3, -0.25) is 0 Å². The zero-order valence-electron chi connectivity index (χ0n) is 9.88. The van der Waals surface area contributed by atoms with Gasteiger partial charge >= 0.3 is 0 Å². The van der Waals surface area contributed by atoms with Crippen molar-refractivity contribution in [1.82, 2.24) is 25.1 Å². The predicted octanol–water partition coefficient (Wildman–Crippen LogP) is 1.52. The van der Waals surface area contributed by atoms with E-state index < -0.39 is 0 Å². The first kappa shape index (κ1) is 12.1. The van der Waals surface area contributed by atoms with E-state index in [1.165, 1.54) is 11.5 Å². The summed E-state index contributed by atoms with van der Waals surface area (Å²) in [5.41, 5.74) is 0.647. The number of nitrogens with zero attached hydrogens (tertiary/aromatic N) is 4. The van der Waals surface area contributed by atoms with Crippen molar-refractivity contribution < 1.29 is 4.42 Å². The summed E-state index contributed by atoms with van der Waals surface area (Å²) < 4.78 is 9.25. The van der Waals surface area contributed by atoms with Crippen molar-refractivity contribution in [2.24, 2.45) is 0 Å². The maximum Gasteiger partial charge on any atom is 0.269 e. The van der Waals surface area contributed by atoms with Crippen LogP contribution < -0.4 is 5.32 Å². The fraction of sp³-hybridized carbons (Fsp3) is 0.600. The third-order valence-corrected chi connectivity index (χ3v) is 2.67. The molecule has 0 saturated carbocycles. The quantitative estimate of drug-likeness (QED) is 0.786. The second-order valence-electron chi connectivity index (χ2n) is 4.00. The van der Waals surface area contributed by atoms with Crippen LogP contribution in [0.4, 0.5) is 0 Å². The minimum atomic E-state index is 0.450. The first-order chi connectivity index (χ1) is 8.25. The van der Waals surface area contributed by atoms with Gasteiger partial charge in [0.05, 0.1) is 0 Å². The molecule has 0 unspecified atom stereocenters. The van der Waals surface area contributed by atoms with Gasteiger partial charge in [0.1, 0.15) is 0 Å². The Morgan fingerprint density at radius 1 is 1.35 bits per heavy atom. The molecule has 0 saturated heterocycles. The molecule has 2 heterocycles. The Balaban J connectivity index is 1.83. The molecule has 0 aliphatic rings. The molecule has 2 rings (SSSR count). The molecule has 0 amide bonds. The summed E-state index contributed by atoms with van der Waals surface area (Å²) in [5.74, 6) is 1.10. The highest BCUT2D eigenvalue weighted by molar-refractivity contribution is 7.03. The Kier molecular flexibility index (Phi) is 4.16. The number of nitrogens with one attached hydrogen (secondary N) is 1. The number of hydrogen-bond acceptors (Lipinski definition) is 7. The van der Waals surface area contributed by atoms with Crippen molar-refractivity contribution in [2.45, 2.75) is 32.7 Å². The summed E-state index contributed by atoms with van der Waals surface area (Å²) in [6.45, 7) is 5.20. The molecule has 0 spiro atoms. The topological polar surface area (TPSA) is 76.7 Å². The van der Waals surface area contributed by atoms with E-state index in [9.17, 15) is 0 Å². The zero-order valence-corrected chi connectivity index (χ0v) is 10.7. The van der Waals surface area contributed by atoms with Gasteiger partial charge in [-0.25, -0.2) is 0 Å². The molecule has 0 aromatic carbocycles. The van der Waals surface area contributed by atoms with E-state index in [1.54, 1.807) is 5.38 Å². The van der Waals surface area contributed by atoms with Crippen molar-refractivity contribution in [2.75, 3.05) is 6.54 Å². The summed E-state index contributed by atoms with van der Waals surface area (Å²) >= 11 is 1.27. The van der Waals surface area contributed by atoms with Crippen LogP contribution in [0.25, 0.3) is 11.6 Å². The number of aryl methyl sites for hydroxylation is 1. The van der Waals surface area contributed by atoms with Crippen molar-refractivity contribution in [1.29, 1.82) is 0 Å². The maximum atomic E-state index is 5.49. The highest BCUT2D eigenvalue weighted by atomic mass is 32.1. The lowest BCUT2D eigenvalue weighted by Crippen LogP contribution is -2.23. The zero-order chi connectivity index (χ0) is 12.1. The van der Waals surface area contributed by atoms with Gasteiger partial charge in [0.25, 0.3) is 5.89 Å². The van der Waals surface area contributed by atoms with E-state index in [2.05, 4.69) is 38.9 Å². The molecule has 17 heavy (non-hydrogen) atoms. The molecule has 0 atom stereocenters. The molecule has 2 aromatic heterocycles. The lowest BCUT2D eigenvalue weighted by Gasteiger charge is -2.05. The molecule has 2 aromatic rings. The second-order valence-corrected chi connectivity index (χ2v) is 4.61. The van der Waals surface area contributed by atoms with Crippen LogP contribution in [-0.2, 0) is 6.42 Å². The Bertz CT molecular complexity index is 439. The van der Waals surface area contributed by atoms with Gasteiger partial charge in [-0.2, -0.15) is 0 Å². The molecule has 0 bridgehead atoms. The van der Waals surface area contributed by atoms with Crippen LogP contribution in [0, 0.1) is 0 Å². The van der Waals surface area contributed by atoms with E-state index >= 15 is 0 Å². The van der Waals surface area contributed by atoms with Gasteiger partial charge in [0.15, 0.2) is 5.69 Å². The first-order valence-electron chi connectivity index (χ1n) is 5.59. The molecule has 0 radical (unpaired) electrons. The van der Waals surface area contributed by atoms with Crippen molar-refractivity contribution in [3.8, 4) is 11.6 Å². The van der Waals surface area contributed by atoms with Crippen LogP contribution in [0.1, 0.15) is 26.2 Å². The predicted molar refractivity (Wildman–Crippen MR) is 64.7 cm³/mol. The number of aromatic nitrogens is 4. The molecular formula is C10H15N5OS. The Morgan fingerprint density at radius 3 is 2.94 bits per heavy atom. The van der Waals surface area contributed by atoms with Crippen LogP contribution in [0.2, 0.25) is 0 Å². The Labute approximate surface area is 104 Å². The van der Waals surface area contributed by atoms with Gasteiger partial charge in [-0.1, -0.05) is 18.3 Å². The van der Waals surface area contributed by atoms with E-state index in [1.807, 2.05) is 0 Å². The van der Waals surface area contributed by atoms with Gasteiger partial charge in [-0.05, 0) is 24.5 Å². The van der Waals surface area contributed by atoms with E-state index in [4.69, 9.17) is 4.42 Å². The van der Waals surface area contributed by atoms with Crippen molar-refractivity contribution in [3.05, 3.63) is 11.3 Å². The van der Waals surface area contributed by atoms with Crippen LogP contribution >= 0.6 is 11.5 Å². The normalized spacial score (nSPS) is 11.2. The van der Waals surface area contributed by atoms with Gasteiger partial charge < -0.3 is 9.73 Å². The summed E-state index contributed by atoms with van der Waals surface area (Å²) in [7, 11) is 0. The molecule has 7 heteroatoms. The minimum Gasteiger partial charge on any atom is -0.419 e. The van der Waals surface area contributed by atoms with Gasteiger partial charge in [-0.15, -0.1) is 15.3 Å². The molecule has 1 N–H and O–H groups in total. The lowest BCUT2D eigenvalue weighted by atomic mass is 10.3. The maximum absolute atomic E-state index is 5.49. The van der Waals surface area contributed by atoms with Crippen molar-refractivity contribution in [3.63, 3.8) is 0 Å². The fourth-order valence-electron chi connectivity index (χ4n) is 1.35. The molecule has 0 aliphatic heterocycles. The van der Waals surface area contributed by atoms with E-state index in [-0.39, 0.29) is 0 Å². The average molecular weight is 253 g/mol. The summed E-state index contributed by atoms with van der Waals surface area (Å²) in [6, 6.07) is 0.509. The van der Waals surface area contributed by atoms with Crippen LogP contribution in [0.5, 0.6) is 0 Å². The monoisotopic (exact) mass is 253 g/mol. The molecule has 92 valence electrons. The summed E-state index contributed by atoms with van der Waals surface area (Å²) in [5, 5.41) is 16.9. The van der Waals surface area contributed by atoms with Crippen LogP contribution in [0.15, 0.2) is 9.80 Å². The van der Waals surface area contributed by atoms with Crippen molar-refractivity contribution >= 4 is 11.5 Å². The lowest BCUT2D eigenvalue weighted by molar-refractivity contribution is 0.483. The Hall–Kier alpha value is -1.34. The Morgan fingerprint density at radius 2 is 2.24 bits per heavy atom. The summed E-state index contributed by atoms with van der Waals surface area (Å²) in [4.78, 5) is 0. The molecule has 6 nitrogen and oxygen atoms in total. The standard InChI is InChI=1S/C10H15N5OS/c1-7(2)11-5-3-4-9-13-14-10(16-9)8-6-17-15-12-8/h6-7,11H,3-5H2,1-2H3. The van der Waals surface area contributed by atoms with E-state index in [0.717, 1.165) is 19.4 Å². The first-order valence-corrected chi connectivity index (χ1v) is 6.42. The fourth-order valence-corrected chi connectivity index (χ4v) is 1.78. The van der Waals surface area contributed by atoms with Gasteiger partial charge in [0, 0.05) is 17.8 Å². The summed E-state index contributed by atoms with van der Waals surface area (Å²) in [6.07, 6.45) is 1.76. The minimum absolute atomic E-state index is 0.450. The third-order valence-electron chi connectivity index (χ3n) is 2.17. The second kappa shape index (κ2) is 5.83. The highest BCUT2D eigenvalue weighted by Crippen LogP contribution is 2.16. The smallest absolute Gasteiger partial charge is 0.269 e. The van der Waals surface area contributed by atoms with Crippen LogP contribution in [0.3, 0.4) is 0 Å². The molecular weight excluding hydrogens is 238 g/mol. The third kappa shape index (κ3) is 3.57. The highest BCUT2D eigenvalue weighted by Gasteiger charge is 2.10. The molecule has 0 aliphatic carbocycles. The number of hydrogen-bond donors (Lipinski definition) is 1. The van der Waals surface area contributed by atoms with Crippen LogP contribution in [-0.4, -0.2) is 32.4 Å². The average Bonchev–Trinajstić information content (AvgIpc) is 2.94. The molecule has 0 fully saturated rings. The van der Waals surface area contributed by atoms with Gasteiger partial charge in [0.2, 0.25) is 5.89 Å². The number of rotatable bonds is 6. The van der Waals surface area contributed by atoms with E-state index in [0.29, 0.717) is 23.5 Å².